The van der Waals surface area contributed by atoms with E-state index < -0.39 is 5.91 Å². The van der Waals surface area contributed by atoms with Crippen LogP contribution >= 0.6 is 11.3 Å². The minimum Gasteiger partial charge on any atom is -0.365 e. The summed E-state index contributed by atoms with van der Waals surface area (Å²) in [6, 6.07) is 7.44. The SMILES string of the molecule is NC(=O)c1cccn2cc(-c3cccs3)nc12. The molecule has 0 aliphatic heterocycles. The molecule has 0 aliphatic carbocycles. The van der Waals surface area contributed by atoms with E-state index in [0.29, 0.717) is 11.2 Å². The minimum absolute atomic E-state index is 0.440. The van der Waals surface area contributed by atoms with Crippen molar-refractivity contribution in [3.8, 4) is 10.6 Å². The van der Waals surface area contributed by atoms with Gasteiger partial charge in [-0.1, -0.05) is 6.07 Å². The highest BCUT2D eigenvalue weighted by molar-refractivity contribution is 7.13. The second-order valence-corrected chi connectivity index (χ2v) is 4.57. The molecular formula is C12H9N3OS. The predicted octanol–water partition coefficient (Wildman–Crippen LogP) is 2.16. The van der Waals surface area contributed by atoms with Crippen LogP contribution in [0.25, 0.3) is 16.2 Å². The molecule has 0 spiro atoms. The fourth-order valence-electron chi connectivity index (χ4n) is 1.75. The Kier molecular flexibility index (Phi) is 2.19. The number of pyridine rings is 1. The van der Waals surface area contributed by atoms with Crippen LogP contribution in [0, 0.1) is 0 Å². The number of imidazole rings is 1. The van der Waals surface area contributed by atoms with Crippen molar-refractivity contribution < 1.29 is 4.79 Å². The summed E-state index contributed by atoms with van der Waals surface area (Å²) in [7, 11) is 0. The van der Waals surface area contributed by atoms with Crippen LogP contribution in [0.4, 0.5) is 0 Å². The molecule has 0 aliphatic rings. The van der Waals surface area contributed by atoms with Gasteiger partial charge in [-0.2, -0.15) is 0 Å². The quantitative estimate of drug-likeness (QED) is 0.749. The van der Waals surface area contributed by atoms with Crippen LogP contribution in [0.3, 0.4) is 0 Å². The number of carbonyl (C=O) groups is 1. The number of carbonyl (C=O) groups excluding carboxylic acids is 1. The molecule has 0 fully saturated rings. The summed E-state index contributed by atoms with van der Waals surface area (Å²) in [5.74, 6) is -0.459. The van der Waals surface area contributed by atoms with Crippen LogP contribution in [-0.2, 0) is 0 Å². The molecule has 4 nitrogen and oxygen atoms in total. The molecular weight excluding hydrogens is 234 g/mol. The Balaban J connectivity index is 2.26. The average Bonchev–Trinajstić information content (AvgIpc) is 2.96. The Bertz CT molecular complexity index is 685. The first-order valence-corrected chi connectivity index (χ1v) is 5.95. The summed E-state index contributed by atoms with van der Waals surface area (Å²) in [6.45, 7) is 0. The molecule has 5 heteroatoms. The van der Waals surface area contributed by atoms with Gasteiger partial charge in [0.1, 0.15) is 5.65 Å². The molecule has 84 valence electrons. The summed E-state index contributed by atoms with van der Waals surface area (Å²) in [6.07, 6.45) is 3.75. The zero-order chi connectivity index (χ0) is 11.8. The smallest absolute Gasteiger partial charge is 0.252 e. The van der Waals surface area contributed by atoms with E-state index in [9.17, 15) is 4.79 Å². The highest BCUT2D eigenvalue weighted by atomic mass is 32.1. The number of aromatic nitrogens is 2. The molecule has 0 saturated carbocycles. The third-order valence-corrected chi connectivity index (χ3v) is 3.41. The van der Waals surface area contributed by atoms with Crippen LogP contribution in [0.1, 0.15) is 10.4 Å². The first-order chi connectivity index (χ1) is 8.25. The van der Waals surface area contributed by atoms with Gasteiger partial charge in [0.05, 0.1) is 16.1 Å². The molecule has 0 radical (unpaired) electrons. The number of fused-ring (bicyclic) bond motifs is 1. The lowest BCUT2D eigenvalue weighted by Gasteiger charge is -1.97. The lowest BCUT2D eigenvalue weighted by molar-refractivity contribution is 0.100. The van der Waals surface area contributed by atoms with Crippen molar-refractivity contribution in [2.24, 2.45) is 5.73 Å². The van der Waals surface area contributed by atoms with E-state index in [2.05, 4.69) is 4.98 Å². The second kappa shape index (κ2) is 3.71. The van der Waals surface area contributed by atoms with Crippen molar-refractivity contribution in [1.82, 2.24) is 9.38 Å². The van der Waals surface area contributed by atoms with E-state index in [4.69, 9.17) is 5.73 Å². The number of nitrogens with zero attached hydrogens (tertiary/aromatic N) is 2. The summed E-state index contributed by atoms with van der Waals surface area (Å²) in [4.78, 5) is 16.8. The standard InChI is InChI=1S/C12H9N3OS/c13-11(16)8-3-1-5-15-7-9(14-12(8)15)10-4-2-6-17-10/h1-7H,(H2,13,16). The van der Waals surface area contributed by atoms with Crippen molar-refractivity contribution in [2.45, 2.75) is 0 Å². The summed E-state index contributed by atoms with van der Waals surface area (Å²) in [5, 5.41) is 1.99. The maximum Gasteiger partial charge on any atom is 0.252 e. The van der Waals surface area contributed by atoms with Gasteiger partial charge in [-0.15, -0.1) is 11.3 Å². The van der Waals surface area contributed by atoms with Crippen LogP contribution in [-0.4, -0.2) is 15.3 Å². The van der Waals surface area contributed by atoms with Crippen LogP contribution in [0.5, 0.6) is 0 Å². The monoisotopic (exact) mass is 243 g/mol. The van der Waals surface area contributed by atoms with E-state index in [0.717, 1.165) is 10.6 Å². The molecule has 17 heavy (non-hydrogen) atoms. The second-order valence-electron chi connectivity index (χ2n) is 3.62. The van der Waals surface area contributed by atoms with Gasteiger partial charge < -0.3 is 10.1 Å². The lowest BCUT2D eigenvalue weighted by atomic mass is 10.2. The molecule has 3 aromatic rings. The van der Waals surface area contributed by atoms with Crippen molar-refractivity contribution in [2.75, 3.05) is 0 Å². The molecule has 0 unspecified atom stereocenters. The van der Waals surface area contributed by atoms with Crippen LogP contribution in [0.15, 0.2) is 42.0 Å². The molecule has 3 heterocycles. The van der Waals surface area contributed by atoms with Gasteiger partial charge in [-0.25, -0.2) is 4.98 Å². The topological polar surface area (TPSA) is 60.4 Å². The van der Waals surface area contributed by atoms with Gasteiger partial charge in [0, 0.05) is 12.4 Å². The maximum atomic E-state index is 11.3. The van der Waals surface area contributed by atoms with Crippen molar-refractivity contribution >= 4 is 22.9 Å². The van der Waals surface area contributed by atoms with Crippen molar-refractivity contribution in [1.29, 1.82) is 0 Å². The van der Waals surface area contributed by atoms with Gasteiger partial charge >= 0.3 is 0 Å². The number of primary amides is 1. The Morgan fingerprint density at radius 3 is 2.94 bits per heavy atom. The van der Waals surface area contributed by atoms with Gasteiger partial charge in [0.25, 0.3) is 5.91 Å². The number of rotatable bonds is 2. The molecule has 2 N–H and O–H groups in total. The Labute approximate surface area is 101 Å². The Morgan fingerprint density at radius 1 is 1.35 bits per heavy atom. The van der Waals surface area contributed by atoms with Gasteiger partial charge in [-0.05, 0) is 23.6 Å². The van der Waals surface area contributed by atoms with Gasteiger partial charge in [-0.3, -0.25) is 4.79 Å². The van der Waals surface area contributed by atoms with E-state index in [1.54, 1.807) is 23.5 Å². The lowest BCUT2D eigenvalue weighted by Crippen LogP contribution is -2.12. The zero-order valence-corrected chi connectivity index (χ0v) is 9.65. The highest BCUT2D eigenvalue weighted by Gasteiger charge is 2.11. The minimum atomic E-state index is -0.459. The normalized spacial score (nSPS) is 10.8. The number of thiophene rings is 1. The zero-order valence-electron chi connectivity index (χ0n) is 8.83. The number of nitrogens with two attached hydrogens (primary N) is 1. The molecule has 0 saturated heterocycles. The first kappa shape index (κ1) is 10.0. The molecule has 3 rings (SSSR count). The highest BCUT2D eigenvalue weighted by Crippen LogP contribution is 2.24. The fraction of sp³-hybridized carbons (Fsp3) is 0. The van der Waals surface area contributed by atoms with Crippen molar-refractivity contribution in [3.05, 3.63) is 47.6 Å². The van der Waals surface area contributed by atoms with E-state index in [-0.39, 0.29) is 0 Å². The Hall–Kier alpha value is -2.14. The van der Waals surface area contributed by atoms with E-state index >= 15 is 0 Å². The number of hydrogen-bond acceptors (Lipinski definition) is 3. The van der Waals surface area contributed by atoms with Crippen LogP contribution < -0.4 is 5.73 Å². The summed E-state index contributed by atoms with van der Waals surface area (Å²) < 4.78 is 1.81. The molecule has 0 aromatic carbocycles. The first-order valence-electron chi connectivity index (χ1n) is 5.07. The Morgan fingerprint density at radius 2 is 2.24 bits per heavy atom. The van der Waals surface area contributed by atoms with Crippen LogP contribution in [0.2, 0.25) is 0 Å². The van der Waals surface area contributed by atoms with E-state index in [1.165, 1.54) is 0 Å². The largest absolute Gasteiger partial charge is 0.365 e. The molecule has 1 amide bonds. The van der Waals surface area contributed by atoms with Gasteiger partial charge in [0.15, 0.2) is 0 Å². The van der Waals surface area contributed by atoms with Gasteiger partial charge in [0.2, 0.25) is 0 Å². The maximum absolute atomic E-state index is 11.3. The summed E-state index contributed by atoms with van der Waals surface area (Å²) >= 11 is 1.61. The third-order valence-electron chi connectivity index (χ3n) is 2.52. The molecule has 0 bridgehead atoms. The predicted molar refractivity (Wildman–Crippen MR) is 67.0 cm³/mol. The third kappa shape index (κ3) is 1.60. The average molecular weight is 243 g/mol. The van der Waals surface area contributed by atoms with E-state index in [1.807, 2.05) is 34.3 Å². The number of amides is 1. The molecule has 3 aromatic heterocycles. The number of hydrogen-bond donors (Lipinski definition) is 1. The van der Waals surface area contributed by atoms with Crippen molar-refractivity contribution in [3.63, 3.8) is 0 Å². The summed E-state index contributed by atoms with van der Waals surface area (Å²) in [5.41, 5.74) is 7.21. The fourth-order valence-corrected chi connectivity index (χ4v) is 2.43. The molecule has 0 atom stereocenters.